The zero-order valence-corrected chi connectivity index (χ0v) is 24.3. The van der Waals surface area contributed by atoms with Crippen LogP contribution >= 0.6 is 0 Å². The van der Waals surface area contributed by atoms with Gasteiger partial charge in [0.2, 0.25) is 0 Å². The first kappa shape index (κ1) is 30.7. The topological polar surface area (TPSA) is 152 Å². The molecule has 2 unspecified atom stereocenters. The van der Waals surface area contributed by atoms with Gasteiger partial charge in [-0.05, 0) is 52.7 Å². The third-order valence-corrected chi connectivity index (χ3v) is 8.26. The molecular formula is C32H39N5O6. The van der Waals surface area contributed by atoms with Crippen LogP contribution < -0.4 is 10.6 Å². The fraction of sp³-hybridized carbons (Fsp3) is 0.438. The lowest BCUT2D eigenvalue weighted by Crippen LogP contribution is -2.54. The molecule has 5 N–H and O–H groups in total. The summed E-state index contributed by atoms with van der Waals surface area (Å²) in [7, 11) is 1.88. The molecule has 0 bridgehead atoms. The van der Waals surface area contributed by atoms with E-state index in [0.717, 1.165) is 67.1 Å². The molecule has 2 aliphatic rings. The van der Waals surface area contributed by atoms with Crippen LogP contribution in [-0.4, -0.2) is 108 Å². The number of aromatic nitrogens is 1. The SMILES string of the molecule is Cn1c(/C=C(\C#N)C(=O)NCC2CO[C@H](CO)[C@@H](O)C2O)ccc1-c1ccc2cc(NCCN3CCOCC3)ccc2c1. The number of hydrogen-bond donors (Lipinski definition) is 5. The third-order valence-electron chi connectivity index (χ3n) is 8.26. The standard InChI is InChI=1S/C32H39N5O6/c1-36-27(16-24(17-33)32(41)35-18-25-20-43-29(19-38)31(40)30(25)39)6-7-28(36)23-3-2-22-15-26(5-4-21(22)14-23)34-8-9-37-10-12-42-13-11-37/h2-7,14-16,25,29-31,34,38-40H,8-13,18-20H2,1H3,(H,35,41)/b24-16+/t25?,29-,30?,31-/m1/s1. The molecule has 2 saturated heterocycles. The number of nitrogens with zero attached hydrogens (tertiary/aromatic N) is 3. The van der Waals surface area contributed by atoms with Crippen LogP contribution in [0.3, 0.4) is 0 Å². The normalized spacial score (nSPS) is 23.2. The lowest BCUT2D eigenvalue weighted by molar-refractivity contribution is -0.173. The van der Waals surface area contributed by atoms with Gasteiger partial charge in [-0.3, -0.25) is 9.69 Å². The zero-order valence-electron chi connectivity index (χ0n) is 24.3. The minimum atomic E-state index is -1.26. The van der Waals surface area contributed by atoms with Crippen molar-refractivity contribution < 1.29 is 29.6 Å². The molecule has 43 heavy (non-hydrogen) atoms. The van der Waals surface area contributed by atoms with Gasteiger partial charge in [-0.1, -0.05) is 18.2 Å². The van der Waals surface area contributed by atoms with E-state index in [-0.39, 0.29) is 18.7 Å². The van der Waals surface area contributed by atoms with E-state index < -0.39 is 36.7 Å². The number of benzene rings is 2. The molecule has 0 radical (unpaired) electrons. The molecule has 11 nitrogen and oxygen atoms in total. The summed E-state index contributed by atoms with van der Waals surface area (Å²) in [5, 5.41) is 47.7. The number of morpholine rings is 1. The maximum absolute atomic E-state index is 12.8. The minimum absolute atomic E-state index is 0.00874. The van der Waals surface area contributed by atoms with Crippen molar-refractivity contribution in [3.05, 3.63) is 59.8 Å². The van der Waals surface area contributed by atoms with E-state index >= 15 is 0 Å². The van der Waals surface area contributed by atoms with Gasteiger partial charge in [0.15, 0.2) is 0 Å². The molecule has 4 atom stereocenters. The summed E-state index contributed by atoms with van der Waals surface area (Å²) >= 11 is 0. The molecule has 3 aromatic rings. The average molecular weight is 590 g/mol. The van der Waals surface area contributed by atoms with Gasteiger partial charge in [0.25, 0.3) is 5.91 Å². The summed E-state index contributed by atoms with van der Waals surface area (Å²) in [6.45, 7) is 5.07. The van der Waals surface area contributed by atoms with Crippen LogP contribution in [0.5, 0.6) is 0 Å². The minimum Gasteiger partial charge on any atom is -0.394 e. The van der Waals surface area contributed by atoms with Gasteiger partial charge in [0.1, 0.15) is 23.9 Å². The van der Waals surface area contributed by atoms with Crippen molar-refractivity contribution in [3.63, 3.8) is 0 Å². The van der Waals surface area contributed by atoms with Crippen LogP contribution in [0.4, 0.5) is 5.69 Å². The summed E-state index contributed by atoms with van der Waals surface area (Å²) < 4.78 is 12.7. The molecular weight excluding hydrogens is 550 g/mol. The molecule has 228 valence electrons. The average Bonchev–Trinajstić information content (AvgIpc) is 3.40. The highest BCUT2D eigenvalue weighted by Crippen LogP contribution is 2.28. The van der Waals surface area contributed by atoms with Gasteiger partial charge in [-0.2, -0.15) is 5.26 Å². The van der Waals surface area contributed by atoms with Crippen LogP contribution in [0.2, 0.25) is 0 Å². The Morgan fingerprint density at radius 3 is 2.63 bits per heavy atom. The summed E-state index contributed by atoms with van der Waals surface area (Å²) in [5.41, 5.74) is 3.63. The number of carbonyl (C=O) groups is 1. The molecule has 3 heterocycles. The zero-order chi connectivity index (χ0) is 30.3. The van der Waals surface area contributed by atoms with Gasteiger partial charge in [0.05, 0.1) is 32.5 Å². The summed E-state index contributed by atoms with van der Waals surface area (Å²) in [4.78, 5) is 15.2. The van der Waals surface area contributed by atoms with Gasteiger partial charge < -0.3 is 40.0 Å². The Labute approximate surface area is 250 Å². The van der Waals surface area contributed by atoms with E-state index in [1.165, 1.54) is 6.08 Å². The highest BCUT2D eigenvalue weighted by Gasteiger charge is 2.38. The molecule has 2 aliphatic heterocycles. The van der Waals surface area contributed by atoms with Gasteiger partial charge in [-0.15, -0.1) is 0 Å². The van der Waals surface area contributed by atoms with Crippen molar-refractivity contribution in [2.24, 2.45) is 13.0 Å². The lowest BCUT2D eigenvalue weighted by atomic mass is 9.92. The van der Waals surface area contributed by atoms with E-state index in [4.69, 9.17) is 9.47 Å². The summed E-state index contributed by atoms with van der Waals surface area (Å²) in [5.74, 6) is -1.16. The molecule has 11 heteroatoms. The number of carbonyl (C=O) groups excluding carboxylic acids is 1. The quantitative estimate of drug-likeness (QED) is 0.174. The van der Waals surface area contributed by atoms with E-state index in [1.54, 1.807) is 0 Å². The first-order valence-corrected chi connectivity index (χ1v) is 14.6. The number of nitriles is 1. The monoisotopic (exact) mass is 589 g/mol. The number of rotatable bonds is 10. The fourth-order valence-corrected chi connectivity index (χ4v) is 5.56. The third kappa shape index (κ3) is 7.25. The number of anilines is 1. The number of aliphatic hydroxyl groups excluding tert-OH is 3. The summed E-state index contributed by atoms with van der Waals surface area (Å²) in [6, 6.07) is 18.4. The maximum Gasteiger partial charge on any atom is 0.262 e. The smallest absolute Gasteiger partial charge is 0.262 e. The van der Waals surface area contributed by atoms with Crippen LogP contribution in [0.15, 0.2) is 54.1 Å². The number of amides is 1. The van der Waals surface area contributed by atoms with E-state index in [0.29, 0.717) is 5.69 Å². The summed E-state index contributed by atoms with van der Waals surface area (Å²) in [6.07, 6.45) is -1.76. The molecule has 0 saturated carbocycles. The molecule has 0 aliphatic carbocycles. The van der Waals surface area contributed by atoms with Crippen LogP contribution in [-0.2, 0) is 21.3 Å². The van der Waals surface area contributed by atoms with Gasteiger partial charge >= 0.3 is 0 Å². The van der Waals surface area contributed by atoms with Gasteiger partial charge in [-0.25, -0.2) is 0 Å². The number of aliphatic hydroxyl groups is 3. The van der Waals surface area contributed by atoms with Crippen molar-refractivity contribution in [2.45, 2.75) is 18.3 Å². The van der Waals surface area contributed by atoms with Gasteiger partial charge in [0, 0.05) is 62.8 Å². The molecule has 1 amide bonds. The second-order valence-corrected chi connectivity index (χ2v) is 11.0. The molecule has 5 rings (SSSR count). The Hall–Kier alpha value is -3.76. The van der Waals surface area contributed by atoms with E-state index in [2.05, 4.69) is 51.9 Å². The predicted molar refractivity (Wildman–Crippen MR) is 163 cm³/mol. The Bertz CT molecular complexity index is 1490. The van der Waals surface area contributed by atoms with Crippen molar-refractivity contribution >= 4 is 28.4 Å². The second kappa shape index (κ2) is 14.1. The van der Waals surface area contributed by atoms with Crippen molar-refractivity contribution in [1.82, 2.24) is 14.8 Å². The van der Waals surface area contributed by atoms with Crippen LogP contribution in [0.25, 0.3) is 28.1 Å². The fourth-order valence-electron chi connectivity index (χ4n) is 5.56. The highest BCUT2D eigenvalue weighted by atomic mass is 16.5. The van der Waals surface area contributed by atoms with Crippen molar-refractivity contribution in [3.8, 4) is 17.3 Å². The number of ether oxygens (including phenoxy) is 2. The molecule has 2 fully saturated rings. The Kier molecular flexibility index (Phi) is 10.1. The van der Waals surface area contributed by atoms with E-state index in [9.17, 15) is 25.4 Å². The van der Waals surface area contributed by atoms with E-state index in [1.807, 2.05) is 29.8 Å². The van der Waals surface area contributed by atoms with Crippen molar-refractivity contribution in [2.75, 3.05) is 64.5 Å². The Balaban J connectivity index is 1.22. The first-order valence-electron chi connectivity index (χ1n) is 14.6. The Morgan fingerprint density at radius 2 is 1.86 bits per heavy atom. The highest BCUT2D eigenvalue weighted by molar-refractivity contribution is 6.01. The first-order chi connectivity index (χ1) is 20.9. The maximum atomic E-state index is 12.8. The Morgan fingerprint density at radius 1 is 1.09 bits per heavy atom. The number of hydrogen-bond acceptors (Lipinski definition) is 9. The predicted octanol–water partition coefficient (Wildman–Crippen LogP) is 1.34. The largest absolute Gasteiger partial charge is 0.394 e. The van der Waals surface area contributed by atoms with Crippen molar-refractivity contribution in [1.29, 1.82) is 5.26 Å². The number of fused-ring (bicyclic) bond motifs is 1. The van der Waals surface area contributed by atoms with Crippen LogP contribution in [0, 0.1) is 17.2 Å². The molecule has 2 aromatic carbocycles. The number of nitrogens with one attached hydrogen (secondary N) is 2. The molecule has 0 spiro atoms. The second-order valence-electron chi connectivity index (χ2n) is 11.0. The molecule has 1 aromatic heterocycles. The van der Waals surface area contributed by atoms with Crippen LogP contribution in [0.1, 0.15) is 5.69 Å². The lowest BCUT2D eigenvalue weighted by Gasteiger charge is -2.36.